The van der Waals surface area contributed by atoms with E-state index in [9.17, 15) is 9.90 Å². The van der Waals surface area contributed by atoms with Crippen molar-refractivity contribution in [2.45, 2.75) is 12.3 Å². The number of nitrogens with zero attached hydrogens (tertiary/aromatic N) is 5. The van der Waals surface area contributed by atoms with Gasteiger partial charge in [-0.3, -0.25) is 4.79 Å². The summed E-state index contributed by atoms with van der Waals surface area (Å²) in [5.74, 6) is -1.80. The van der Waals surface area contributed by atoms with E-state index in [1.165, 1.54) is 4.63 Å². The minimum absolute atomic E-state index is 0.246. The number of tetrazole rings is 1. The Balaban J connectivity index is 1.97. The van der Waals surface area contributed by atoms with Gasteiger partial charge in [0.25, 0.3) is 0 Å². The lowest BCUT2D eigenvalue weighted by molar-refractivity contribution is -0.138. The van der Waals surface area contributed by atoms with Gasteiger partial charge in [0, 0.05) is 5.02 Å². The van der Waals surface area contributed by atoms with Crippen LogP contribution in [0.4, 0.5) is 0 Å². The molecule has 0 radical (unpaired) electrons. The number of hydrogen-bond donors (Lipinski definition) is 1. The van der Waals surface area contributed by atoms with Gasteiger partial charge in [-0.2, -0.15) is 5.10 Å². The predicted molar refractivity (Wildman–Crippen MR) is 74.1 cm³/mol. The van der Waals surface area contributed by atoms with Crippen molar-refractivity contribution in [2.75, 3.05) is 0 Å². The van der Waals surface area contributed by atoms with Gasteiger partial charge >= 0.3 is 5.97 Å². The molecule has 3 aromatic rings. The van der Waals surface area contributed by atoms with Crippen LogP contribution < -0.4 is 0 Å². The highest BCUT2D eigenvalue weighted by molar-refractivity contribution is 6.31. The molecule has 106 valence electrons. The summed E-state index contributed by atoms with van der Waals surface area (Å²) in [4.78, 5) is 11.5. The molecule has 0 spiro atoms. The summed E-state index contributed by atoms with van der Waals surface area (Å²) in [7, 11) is 0. The molecule has 0 saturated carbocycles. The van der Waals surface area contributed by atoms with Crippen molar-refractivity contribution in [3.8, 4) is 0 Å². The van der Waals surface area contributed by atoms with Crippen molar-refractivity contribution >= 4 is 23.2 Å². The largest absolute Gasteiger partial charge is 0.481 e. The van der Waals surface area contributed by atoms with E-state index in [-0.39, 0.29) is 6.42 Å². The van der Waals surface area contributed by atoms with Gasteiger partial charge in [-0.25, -0.2) is 0 Å². The van der Waals surface area contributed by atoms with Crippen LogP contribution in [0.3, 0.4) is 0 Å². The summed E-state index contributed by atoms with van der Waals surface area (Å²) in [6, 6.07) is 10.4. The van der Waals surface area contributed by atoms with Crippen molar-refractivity contribution in [1.82, 2.24) is 25.3 Å². The first kappa shape index (κ1) is 13.4. The molecule has 1 N–H and O–H groups in total. The Kier molecular flexibility index (Phi) is 3.49. The molecule has 0 saturated heterocycles. The summed E-state index contributed by atoms with van der Waals surface area (Å²) in [6.45, 7) is 0. The van der Waals surface area contributed by atoms with Gasteiger partial charge in [-0.1, -0.05) is 29.8 Å². The van der Waals surface area contributed by atoms with Crippen LogP contribution in [0.25, 0.3) is 5.65 Å². The van der Waals surface area contributed by atoms with Gasteiger partial charge in [0.1, 0.15) is 5.92 Å². The van der Waals surface area contributed by atoms with E-state index in [0.29, 0.717) is 16.4 Å². The number of carboxylic acid groups (broad SMARTS) is 1. The van der Waals surface area contributed by atoms with Crippen molar-refractivity contribution in [1.29, 1.82) is 0 Å². The zero-order chi connectivity index (χ0) is 14.8. The average Bonchev–Trinajstić information content (AvgIpc) is 2.93. The van der Waals surface area contributed by atoms with Crippen LogP contribution in [0.5, 0.6) is 0 Å². The molecule has 0 fully saturated rings. The van der Waals surface area contributed by atoms with Crippen LogP contribution in [0, 0.1) is 0 Å². The molecule has 8 heteroatoms. The lowest BCUT2D eigenvalue weighted by Gasteiger charge is -2.12. The molecule has 1 aromatic carbocycles. The highest BCUT2D eigenvalue weighted by atomic mass is 35.5. The third kappa shape index (κ3) is 2.68. The zero-order valence-corrected chi connectivity index (χ0v) is 11.5. The summed E-state index contributed by atoms with van der Waals surface area (Å²) < 4.78 is 1.21. The first-order valence-corrected chi connectivity index (χ1v) is 6.54. The van der Waals surface area contributed by atoms with Crippen LogP contribution in [-0.4, -0.2) is 36.3 Å². The van der Waals surface area contributed by atoms with Gasteiger partial charge in [0.2, 0.25) is 0 Å². The van der Waals surface area contributed by atoms with Crippen LogP contribution in [0.15, 0.2) is 36.4 Å². The van der Waals surface area contributed by atoms with Crippen molar-refractivity contribution < 1.29 is 9.90 Å². The molecule has 7 nitrogen and oxygen atoms in total. The topological polar surface area (TPSA) is 93.3 Å². The van der Waals surface area contributed by atoms with Crippen molar-refractivity contribution in [3.63, 3.8) is 0 Å². The number of aliphatic carboxylic acids is 1. The second-order valence-corrected chi connectivity index (χ2v) is 4.88. The number of hydrogen-bond acceptors (Lipinski definition) is 5. The Morgan fingerprint density at radius 2 is 2.10 bits per heavy atom. The summed E-state index contributed by atoms with van der Waals surface area (Å²) >= 11 is 6.09. The minimum Gasteiger partial charge on any atom is -0.481 e. The molecule has 1 atom stereocenters. The van der Waals surface area contributed by atoms with Crippen molar-refractivity contribution in [3.05, 3.63) is 52.7 Å². The molecule has 2 aromatic heterocycles. The monoisotopic (exact) mass is 303 g/mol. The standard InChI is InChI=1S/C13H10ClN5O2/c14-10-4-2-1-3-8(10)7-9(13(20)21)11-5-6-12-15-17-18-19(12)16-11/h1-6,9H,7H2,(H,20,21). The Hall–Kier alpha value is -2.54. The average molecular weight is 304 g/mol. The molecule has 0 aliphatic carbocycles. The summed E-state index contributed by atoms with van der Waals surface area (Å²) in [6.07, 6.45) is 0.246. The molecule has 2 heterocycles. The molecule has 0 aliphatic rings. The first-order chi connectivity index (χ1) is 10.1. The van der Waals surface area contributed by atoms with Gasteiger partial charge in [0.05, 0.1) is 5.69 Å². The first-order valence-electron chi connectivity index (χ1n) is 6.16. The van der Waals surface area contributed by atoms with E-state index >= 15 is 0 Å². The van der Waals surface area contributed by atoms with E-state index in [4.69, 9.17) is 11.6 Å². The third-order valence-corrected chi connectivity index (χ3v) is 3.50. The van der Waals surface area contributed by atoms with Gasteiger partial charge in [-0.05, 0) is 40.6 Å². The van der Waals surface area contributed by atoms with E-state index in [0.717, 1.165) is 5.56 Å². The zero-order valence-electron chi connectivity index (χ0n) is 10.7. The molecule has 0 bridgehead atoms. The van der Waals surface area contributed by atoms with Crippen LogP contribution in [0.1, 0.15) is 17.2 Å². The Labute approximate surface area is 124 Å². The highest BCUT2D eigenvalue weighted by Gasteiger charge is 2.23. The van der Waals surface area contributed by atoms with Gasteiger partial charge in [-0.15, -0.1) is 9.73 Å². The quantitative estimate of drug-likeness (QED) is 0.786. The number of carboxylic acids is 1. The fourth-order valence-electron chi connectivity index (χ4n) is 2.05. The van der Waals surface area contributed by atoms with Crippen LogP contribution >= 0.6 is 11.6 Å². The maximum absolute atomic E-state index is 11.5. The second kappa shape index (κ2) is 5.45. The lowest BCUT2D eigenvalue weighted by atomic mass is 9.96. The molecular formula is C13H10ClN5O2. The third-order valence-electron chi connectivity index (χ3n) is 3.13. The Morgan fingerprint density at radius 1 is 1.29 bits per heavy atom. The maximum Gasteiger partial charge on any atom is 0.313 e. The fourth-order valence-corrected chi connectivity index (χ4v) is 2.26. The predicted octanol–water partition coefficient (Wildman–Crippen LogP) is 1.58. The molecule has 0 aliphatic heterocycles. The normalized spacial score (nSPS) is 12.4. The highest BCUT2D eigenvalue weighted by Crippen LogP contribution is 2.24. The van der Waals surface area contributed by atoms with E-state index in [2.05, 4.69) is 20.6 Å². The Bertz CT molecular complexity index is 804. The van der Waals surface area contributed by atoms with E-state index in [1.807, 2.05) is 6.07 Å². The molecule has 3 rings (SSSR count). The Morgan fingerprint density at radius 3 is 2.86 bits per heavy atom. The number of fused-ring (bicyclic) bond motifs is 1. The number of benzene rings is 1. The minimum atomic E-state index is -0.977. The number of carbonyl (C=O) groups is 1. The summed E-state index contributed by atoms with van der Waals surface area (Å²) in [5, 5.41) is 25.0. The number of halogens is 1. The van der Waals surface area contributed by atoms with Crippen LogP contribution in [0.2, 0.25) is 5.02 Å². The smallest absolute Gasteiger partial charge is 0.313 e. The lowest BCUT2D eigenvalue weighted by Crippen LogP contribution is -2.17. The summed E-state index contributed by atoms with van der Waals surface area (Å²) in [5.41, 5.74) is 1.59. The SMILES string of the molecule is O=C(O)C(Cc1ccccc1Cl)c1ccc2nnnn2n1. The van der Waals surface area contributed by atoms with Gasteiger partial charge in [0.15, 0.2) is 5.65 Å². The maximum atomic E-state index is 11.5. The van der Waals surface area contributed by atoms with Crippen LogP contribution in [-0.2, 0) is 11.2 Å². The number of aromatic nitrogens is 5. The molecule has 0 amide bonds. The molecular weight excluding hydrogens is 294 g/mol. The second-order valence-electron chi connectivity index (χ2n) is 4.47. The molecule has 21 heavy (non-hydrogen) atoms. The van der Waals surface area contributed by atoms with E-state index < -0.39 is 11.9 Å². The number of rotatable bonds is 4. The van der Waals surface area contributed by atoms with Crippen molar-refractivity contribution in [2.24, 2.45) is 0 Å². The van der Waals surface area contributed by atoms with Gasteiger partial charge < -0.3 is 5.11 Å². The van der Waals surface area contributed by atoms with E-state index in [1.54, 1.807) is 30.3 Å². The molecule has 1 unspecified atom stereocenters. The fraction of sp³-hybridized carbons (Fsp3) is 0.154.